The van der Waals surface area contributed by atoms with E-state index in [0.717, 1.165) is 18.8 Å². The lowest BCUT2D eigenvalue weighted by atomic mass is 9.82. The highest BCUT2D eigenvalue weighted by Gasteiger charge is 2.34. The zero-order valence-electron chi connectivity index (χ0n) is 10.2. The SMILES string of the molecule is CC1(C)CN(c2cccc(C#N)c2)CCC1=O. The number of carbonyl (C=O) groups is 1. The molecule has 17 heavy (non-hydrogen) atoms. The number of hydrogen-bond acceptors (Lipinski definition) is 3. The predicted molar refractivity (Wildman–Crippen MR) is 66.8 cm³/mol. The van der Waals surface area contributed by atoms with E-state index in [1.54, 1.807) is 6.07 Å². The van der Waals surface area contributed by atoms with Crippen LogP contribution in [0.3, 0.4) is 0 Å². The van der Waals surface area contributed by atoms with Gasteiger partial charge in [-0.05, 0) is 18.2 Å². The van der Waals surface area contributed by atoms with E-state index >= 15 is 0 Å². The Morgan fingerprint density at radius 1 is 1.41 bits per heavy atom. The van der Waals surface area contributed by atoms with Crippen LogP contribution in [0.1, 0.15) is 25.8 Å². The lowest BCUT2D eigenvalue weighted by molar-refractivity contribution is -0.127. The summed E-state index contributed by atoms with van der Waals surface area (Å²) in [6.07, 6.45) is 0.587. The van der Waals surface area contributed by atoms with Crippen molar-refractivity contribution in [2.75, 3.05) is 18.0 Å². The van der Waals surface area contributed by atoms with Gasteiger partial charge >= 0.3 is 0 Å². The maximum Gasteiger partial charge on any atom is 0.142 e. The minimum Gasteiger partial charge on any atom is -0.370 e. The first-order valence-electron chi connectivity index (χ1n) is 5.81. The summed E-state index contributed by atoms with van der Waals surface area (Å²) in [5.74, 6) is 0.324. The molecule has 0 unspecified atom stereocenters. The maximum atomic E-state index is 11.7. The summed E-state index contributed by atoms with van der Waals surface area (Å²) in [6.45, 7) is 5.43. The summed E-state index contributed by atoms with van der Waals surface area (Å²) in [5.41, 5.74) is 1.41. The third-order valence-corrected chi connectivity index (χ3v) is 3.29. The van der Waals surface area contributed by atoms with Gasteiger partial charge in [-0.3, -0.25) is 4.79 Å². The fourth-order valence-corrected chi connectivity index (χ4v) is 2.21. The Balaban J connectivity index is 2.24. The van der Waals surface area contributed by atoms with E-state index in [0.29, 0.717) is 17.8 Å². The Hall–Kier alpha value is -1.82. The number of Topliss-reactive ketones (excluding diaryl/α,β-unsaturated/α-hetero) is 1. The first-order chi connectivity index (χ1) is 8.03. The second-order valence-corrected chi connectivity index (χ2v) is 5.14. The van der Waals surface area contributed by atoms with Gasteiger partial charge in [-0.25, -0.2) is 0 Å². The molecule has 0 aromatic heterocycles. The topological polar surface area (TPSA) is 44.1 Å². The number of benzene rings is 1. The number of nitrogens with zero attached hydrogens (tertiary/aromatic N) is 2. The first kappa shape index (κ1) is 11.7. The molecule has 0 bridgehead atoms. The number of ketones is 1. The van der Waals surface area contributed by atoms with Crippen molar-refractivity contribution in [3.05, 3.63) is 29.8 Å². The summed E-state index contributed by atoms with van der Waals surface area (Å²) in [6, 6.07) is 9.70. The van der Waals surface area contributed by atoms with Crippen LogP contribution < -0.4 is 4.90 Å². The first-order valence-corrected chi connectivity index (χ1v) is 5.81. The minimum atomic E-state index is -0.291. The lowest BCUT2D eigenvalue weighted by Gasteiger charge is -2.38. The molecule has 0 amide bonds. The number of rotatable bonds is 1. The molecule has 1 aromatic carbocycles. The van der Waals surface area contributed by atoms with Gasteiger partial charge in [0.1, 0.15) is 5.78 Å². The van der Waals surface area contributed by atoms with Crippen LogP contribution in [0.4, 0.5) is 5.69 Å². The van der Waals surface area contributed by atoms with Gasteiger partial charge in [-0.2, -0.15) is 5.26 Å². The Bertz CT molecular complexity index is 485. The van der Waals surface area contributed by atoms with Gasteiger partial charge in [0.15, 0.2) is 0 Å². The average molecular weight is 228 g/mol. The van der Waals surface area contributed by atoms with E-state index in [2.05, 4.69) is 11.0 Å². The molecular formula is C14H16N2O. The zero-order chi connectivity index (χ0) is 12.5. The standard InChI is InChI=1S/C14H16N2O/c1-14(2)10-16(7-6-13(14)17)12-5-3-4-11(8-12)9-15/h3-5,8H,6-7,10H2,1-2H3. The maximum absolute atomic E-state index is 11.7. The lowest BCUT2D eigenvalue weighted by Crippen LogP contribution is -2.46. The van der Waals surface area contributed by atoms with Crippen molar-refractivity contribution in [1.82, 2.24) is 0 Å². The molecule has 1 aliphatic rings. The Morgan fingerprint density at radius 3 is 2.82 bits per heavy atom. The highest BCUT2D eigenvalue weighted by molar-refractivity contribution is 5.86. The second-order valence-electron chi connectivity index (χ2n) is 5.14. The van der Waals surface area contributed by atoms with E-state index in [4.69, 9.17) is 5.26 Å². The van der Waals surface area contributed by atoms with E-state index in [-0.39, 0.29) is 5.41 Å². The summed E-state index contributed by atoms with van der Waals surface area (Å²) >= 11 is 0. The van der Waals surface area contributed by atoms with Gasteiger partial charge in [-0.1, -0.05) is 19.9 Å². The van der Waals surface area contributed by atoms with Crippen molar-refractivity contribution in [2.45, 2.75) is 20.3 Å². The quantitative estimate of drug-likeness (QED) is 0.741. The Morgan fingerprint density at radius 2 is 2.18 bits per heavy atom. The molecule has 1 aromatic rings. The summed E-state index contributed by atoms with van der Waals surface area (Å²) < 4.78 is 0. The molecule has 3 heteroatoms. The third kappa shape index (κ3) is 2.31. The van der Waals surface area contributed by atoms with Gasteiger partial charge in [0.05, 0.1) is 11.6 Å². The molecule has 0 atom stereocenters. The smallest absolute Gasteiger partial charge is 0.142 e. The van der Waals surface area contributed by atoms with Crippen LogP contribution >= 0.6 is 0 Å². The number of anilines is 1. The molecule has 0 radical (unpaired) electrons. The van der Waals surface area contributed by atoms with Crippen molar-refractivity contribution >= 4 is 11.5 Å². The predicted octanol–water partition coefficient (Wildman–Crippen LogP) is 2.36. The molecule has 0 N–H and O–H groups in total. The summed E-state index contributed by atoms with van der Waals surface area (Å²) in [4.78, 5) is 13.9. The number of piperidine rings is 1. The normalized spacial score (nSPS) is 18.9. The summed E-state index contributed by atoms with van der Waals surface area (Å²) in [7, 11) is 0. The van der Waals surface area contributed by atoms with Crippen molar-refractivity contribution in [1.29, 1.82) is 5.26 Å². The van der Waals surface area contributed by atoms with Crippen molar-refractivity contribution in [2.24, 2.45) is 5.41 Å². The van der Waals surface area contributed by atoms with E-state index in [1.165, 1.54) is 0 Å². The monoisotopic (exact) mass is 228 g/mol. The highest BCUT2D eigenvalue weighted by atomic mass is 16.1. The fraction of sp³-hybridized carbons (Fsp3) is 0.429. The molecule has 0 aliphatic carbocycles. The minimum absolute atomic E-state index is 0.291. The van der Waals surface area contributed by atoms with Gasteiger partial charge in [0.25, 0.3) is 0 Å². The fourth-order valence-electron chi connectivity index (χ4n) is 2.21. The Kier molecular flexibility index (Phi) is 2.89. The Labute approximate surface area is 102 Å². The molecule has 3 nitrogen and oxygen atoms in total. The van der Waals surface area contributed by atoms with Crippen LogP contribution in [0.2, 0.25) is 0 Å². The van der Waals surface area contributed by atoms with Crippen LogP contribution in [-0.2, 0) is 4.79 Å². The molecule has 0 spiro atoms. The van der Waals surface area contributed by atoms with Crippen molar-refractivity contribution in [3.8, 4) is 6.07 Å². The molecule has 1 saturated heterocycles. The third-order valence-electron chi connectivity index (χ3n) is 3.29. The van der Waals surface area contributed by atoms with Crippen LogP contribution in [0.25, 0.3) is 0 Å². The molecule has 0 saturated carbocycles. The van der Waals surface area contributed by atoms with Gasteiger partial charge in [-0.15, -0.1) is 0 Å². The van der Waals surface area contributed by atoms with Gasteiger partial charge in [0.2, 0.25) is 0 Å². The second kappa shape index (κ2) is 4.21. The van der Waals surface area contributed by atoms with Crippen molar-refractivity contribution in [3.63, 3.8) is 0 Å². The van der Waals surface area contributed by atoms with Gasteiger partial charge < -0.3 is 4.90 Å². The summed E-state index contributed by atoms with van der Waals surface area (Å²) in [5, 5.41) is 8.88. The van der Waals surface area contributed by atoms with Crippen LogP contribution in [0.15, 0.2) is 24.3 Å². The number of hydrogen-bond donors (Lipinski definition) is 0. The number of nitriles is 1. The average Bonchev–Trinajstić information content (AvgIpc) is 2.32. The molecule has 1 fully saturated rings. The zero-order valence-corrected chi connectivity index (χ0v) is 10.2. The molecule has 1 heterocycles. The molecule has 1 aliphatic heterocycles. The van der Waals surface area contributed by atoms with E-state index in [9.17, 15) is 4.79 Å². The van der Waals surface area contributed by atoms with Crippen LogP contribution in [0, 0.1) is 16.7 Å². The van der Waals surface area contributed by atoms with Crippen molar-refractivity contribution < 1.29 is 4.79 Å². The number of carbonyl (C=O) groups excluding carboxylic acids is 1. The van der Waals surface area contributed by atoms with E-state index in [1.807, 2.05) is 32.0 Å². The van der Waals surface area contributed by atoms with Crippen LogP contribution in [0.5, 0.6) is 0 Å². The molecular weight excluding hydrogens is 212 g/mol. The van der Waals surface area contributed by atoms with Gasteiger partial charge in [0, 0.05) is 30.6 Å². The van der Waals surface area contributed by atoms with E-state index < -0.39 is 0 Å². The highest BCUT2D eigenvalue weighted by Crippen LogP contribution is 2.29. The van der Waals surface area contributed by atoms with Crippen LogP contribution in [-0.4, -0.2) is 18.9 Å². The molecule has 2 rings (SSSR count). The largest absolute Gasteiger partial charge is 0.370 e. The molecule has 88 valence electrons.